The Kier molecular flexibility index (Phi) is 10.9. The van der Waals surface area contributed by atoms with Crippen LogP contribution >= 0.6 is 0 Å². The molecule has 0 unspecified atom stereocenters. The highest BCUT2D eigenvalue weighted by Crippen LogP contribution is 2.38. The molecule has 0 bridgehead atoms. The third-order valence-electron chi connectivity index (χ3n) is 8.86. The Hall–Kier alpha value is -3.41. The van der Waals surface area contributed by atoms with Crippen LogP contribution in [-0.4, -0.2) is 22.4 Å². The Morgan fingerprint density at radius 1 is 0.905 bits per heavy atom. The van der Waals surface area contributed by atoms with Gasteiger partial charge in [-0.3, -0.25) is 4.79 Å². The number of hydrogen-bond donors (Lipinski definition) is 0. The molecule has 2 aliphatic carbocycles. The van der Waals surface area contributed by atoms with Crippen LogP contribution in [0.5, 0.6) is 5.75 Å². The molecular formula is C36H42F2N2O2. The van der Waals surface area contributed by atoms with Gasteiger partial charge in [-0.1, -0.05) is 67.5 Å². The van der Waals surface area contributed by atoms with Gasteiger partial charge in [0, 0.05) is 24.3 Å². The second-order valence-corrected chi connectivity index (χ2v) is 11.8. The maximum absolute atomic E-state index is 12.6. The molecule has 0 amide bonds. The minimum absolute atomic E-state index is 0.200. The van der Waals surface area contributed by atoms with Gasteiger partial charge in [-0.15, -0.1) is 0 Å². The number of hydrogen-bond acceptors (Lipinski definition) is 4. The highest BCUT2D eigenvalue weighted by molar-refractivity contribution is 5.78. The van der Waals surface area contributed by atoms with Crippen molar-refractivity contribution in [3.63, 3.8) is 0 Å². The standard InChI is InChI=1S/C36H42F2N2O2/c37-36(38)42-34-23-4-1-12-28(34)15-9-20-31(41)19-6-11-26-10-5-18-30(24-26)27-13-7-16-29(17-8-14-27)35-32-21-2-3-22-33(32)39-25-40-35/h1-2,4-5,10,12,18,21,23-25,27,29,36H,3,6-9,11,13-17,19-20,22H2. The van der Waals surface area contributed by atoms with E-state index in [1.54, 1.807) is 30.6 Å². The largest absolute Gasteiger partial charge is 0.435 e. The quantitative estimate of drug-likeness (QED) is 0.217. The van der Waals surface area contributed by atoms with Gasteiger partial charge >= 0.3 is 6.61 Å². The summed E-state index contributed by atoms with van der Waals surface area (Å²) in [5.41, 5.74) is 7.21. The SMILES string of the molecule is O=C(CCCc1cccc(C2CCCC(c3ncnc4c3C=CCC4)CCC2)c1)CCCc1ccccc1OC(F)F. The van der Waals surface area contributed by atoms with Crippen LogP contribution < -0.4 is 4.74 Å². The lowest BCUT2D eigenvalue weighted by atomic mass is 9.80. The summed E-state index contributed by atoms with van der Waals surface area (Å²) in [6, 6.07) is 15.8. The summed E-state index contributed by atoms with van der Waals surface area (Å²) < 4.78 is 29.9. The lowest BCUT2D eigenvalue weighted by Crippen LogP contribution is -2.13. The molecule has 2 aromatic carbocycles. The molecule has 1 saturated carbocycles. The number of aryl methyl sites for hydroxylation is 3. The van der Waals surface area contributed by atoms with Crippen LogP contribution in [0, 0.1) is 0 Å². The summed E-state index contributed by atoms with van der Waals surface area (Å²) in [6.45, 7) is -2.84. The van der Waals surface area contributed by atoms with Gasteiger partial charge in [0.15, 0.2) is 0 Å². The Labute approximate surface area is 248 Å². The van der Waals surface area contributed by atoms with E-state index >= 15 is 0 Å². The second kappa shape index (κ2) is 15.2. The minimum atomic E-state index is -2.84. The second-order valence-electron chi connectivity index (χ2n) is 11.8. The van der Waals surface area contributed by atoms with Gasteiger partial charge in [0.25, 0.3) is 0 Å². The molecule has 1 fully saturated rings. The van der Waals surface area contributed by atoms with E-state index in [1.165, 1.54) is 66.6 Å². The zero-order valence-electron chi connectivity index (χ0n) is 24.4. The molecule has 0 aliphatic heterocycles. The number of alkyl halides is 2. The molecule has 4 nitrogen and oxygen atoms in total. The maximum Gasteiger partial charge on any atom is 0.387 e. The van der Waals surface area contributed by atoms with E-state index in [-0.39, 0.29) is 11.5 Å². The highest BCUT2D eigenvalue weighted by Gasteiger charge is 2.23. The molecule has 0 radical (unpaired) electrons. The number of halogens is 2. The van der Waals surface area contributed by atoms with E-state index in [0.29, 0.717) is 37.5 Å². The molecule has 0 spiro atoms. The van der Waals surface area contributed by atoms with Crippen LogP contribution in [0.3, 0.4) is 0 Å². The summed E-state index contributed by atoms with van der Waals surface area (Å²) in [7, 11) is 0. The average Bonchev–Trinajstić information content (AvgIpc) is 2.98. The van der Waals surface area contributed by atoms with Gasteiger partial charge < -0.3 is 4.74 Å². The highest BCUT2D eigenvalue weighted by atomic mass is 19.3. The number of para-hydroxylation sites is 1. The number of rotatable bonds is 12. The molecule has 5 rings (SSSR count). The third kappa shape index (κ3) is 8.33. The first-order valence-corrected chi connectivity index (χ1v) is 15.7. The number of fused-ring (bicyclic) bond motifs is 1. The monoisotopic (exact) mass is 572 g/mol. The number of ether oxygens (including phenoxy) is 1. The predicted molar refractivity (Wildman–Crippen MR) is 163 cm³/mol. The predicted octanol–water partition coefficient (Wildman–Crippen LogP) is 9.17. The van der Waals surface area contributed by atoms with E-state index in [2.05, 4.69) is 46.1 Å². The fourth-order valence-corrected chi connectivity index (χ4v) is 6.71. The third-order valence-corrected chi connectivity index (χ3v) is 8.86. The summed E-state index contributed by atoms with van der Waals surface area (Å²) >= 11 is 0. The van der Waals surface area contributed by atoms with E-state index in [9.17, 15) is 13.6 Å². The average molecular weight is 573 g/mol. The maximum atomic E-state index is 12.6. The molecule has 0 saturated heterocycles. The first-order chi connectivity index (χ1) is 20.6. The number of carbonyl (C=O) groups excluding carboxylic acids is 1. The van der Waals surface area contributed by atoms with Gasteiger partial charge in [0.2, 0.25) is 0 Å². The molecule has 1 aromatic heterocycles. The summed E-state index contributed by atoms with van der Waals surface area (Å²) in [4.78, 5) is 21.8. The molecule has 2 aliphatic rings. The number of carbonyl (C=O) groups is 1. The van der Waals surface area contributed by atoms with Crippen molar-refractivity contribution >= 4 is 11.9 Å². The van der Waals surface area contributed by atoms with Crippen molar-refractivity contribution in [1.29, 1.82) is 0 Å². The van der Waals surface area contributed by atoms with Crippen molar-refractivity contribution < 1.29 is 18.3 Å². The van der Waals surface area contributed by atoms with Crippen molar-refractivity contribution in [2.75, 3.05) is 0 Å². The number of benzene rings is 2. The zero-order chi connectivity index (χ0) is 29.1. The van der Waals surface area contributed by atoms with Crippen LogP contribution in [0.4, 0.5) is 8.78 Å². The van der Waals surface area contributed by atoms with Gasteiger partial charge in [0.1, 0.15) is 17.9 Å². The van der Waals surface area contributed by atoms with Gasteiger partial charge in [-0.2, -0.15) is 8.78 Å². The Balaban J connectivity index is 1.06. The Bertz CT molecular complexity index is 1350. The zero-order valence-corrected chi connectivity index (χ0v) is 24.4. The van der Waals surface area contributed by atoms with E-state index < -0.39 is 6.61 Å². The molecule has 42 heavy (non-hydrogen) atoms. The molecular weight excluding hydrogens is 530 g/mol. The number of nitrogens with zero attached hydrogens (tertiary/aromatic N) is 2. The molecule has 6 heteroatoms. The molecule has 222 valence electrons. The first-order valence-electron chi connectivity index (χ1n) is 15.7. The molecule has 1 heterocycles. The Morgan fingerprint density at radius 3 is 2.48 bits per heavy atom. The lowest BCUT2D eigenvalue weighted by molar-refractivity contribution is -0.119. The number of aromatic nitrogens is 2. The van der Waals surface area contributed by atoms with Crippen LogP contribution in [0.25, 0.3) is 6.08 Å². The van der Waals surface area contributed by atoms with Crippen molar-refractivity contribution in [3.8, 4) is 5.75 Å². The van der Waals surface area contributed by atoms with E-state index in [1.807, 2.05) is 0 Å². The smallest absolute Gasteiger partial charge is 0.387 e. The van der Waals surface area contributed by atoms with E-state index in [0.717, 1.165) is 31.2 Å². The topological polar surface area (TPSA) is 52.1 Å². The Morgan fingerprint density at radius 2 is 1.67 bits per heavy atom. The minimum Gasteiger partial charge on any atom is -0.435 e. The summed E-state index contributed by atoms with van der Waals surface area (Å²) in [5.74, 6) is 1.54. The lowest BCUT2D eigenvalue weighted by Gasteiger charge is -2.26. The van der Waals surface area contributed by atoms with E-state index in [4.69, 9.17) is 4.98 Å². The van der Waals surface area contributed by atoms with Crippen LogP contribution in [0.1, 0.15) is 116 Å². The van der Waals surface area contributed by atoms with Crippen molar-refractivity contribution in [2.24, 2.45) is 0 Å². The van der Waals surface area contributed by atoms with Gasteiger partial charge in [-0.25, -0.2) is 9.97 Å². The number of allylic oxidation sites excluding steroid dienone is 1. The van der Waals surface area contributed by atoms with Gasteiger partial charge in [-0.05, 0) is 92.9 Å². The fourth-order valence-electron chi connectivity index (χ4n) is 6.71. The van der Waals surface area contributed by atoms with Crippen LogP contribution in [0.15, 0.2) is 60.9 Å². The molecule has 3 aromatic rings. The van der Waals surface area contributed by atoms with Crippen molar-refractivity contribution in [3.05, 3.63) is 94.6 Å². The summed E-state index contributed by atoms with van der Waals surface area (Å²) in [5, 5.41) is 0. The van der Waals surface area contributed by atoms with Crippen LogP contribution in [0.2, 0.25) is 0 Å². The van der Waals surface area contributed by atoms with Crippen molar-refractivity contribution in [1.82, 2.24) is 9.97 Å². The first kappa shape index (κ1) is 30.1. The van der Waals surface area contributed by atoms with Gasteiger partial charge in [0.05, 0.1) is 11.4 Å². The number of ketones is 1. The summed E-state index contributed by atoms with van der Waals surface area (Å²) in [6.07, 6.45) is 19.5. The van der Waals surface area contributed by atoms with Crippen LogP contribution in [-0.2, 0) is 24.1 Å². The molecule has 0 N–H and O–H groups in total. The number of Topliss-reactive ketones (excluding diaryl/α,β-unsaturated/α-hetero) is 1. The van der Waals surface area contributed by atoms with Crippen molar-refractivity contribution in [2.45, 2.75) is 108 Å². The fraction of sp³-hybridized carbons (Fsp3) is 0.472. The molecule has 0 atom stereocenters. The normalized spacial score (nSPS) is 18.7.